The molecule has 0 fully saturated rings. The van der Waals surface area contributed by atoms with Crippen LogP contribution in [0.1, 0.15) is 160 Å². The van der Waals surface area contributed by atoms with Gasteiger partial charge in [-0.05, 0) is 0 Å². The maximum absolute atomic E-state index is 5.02. The molecule has 0 aromatic carbocycles. The van der Waals surface area contributed by atoms with E-state index in [-0.39, 0.29) is 35.5 Å². The Morgan fingerprint density at radius 2 is 0.618 bits per heavy atom. The highest BCUT2D eigenvalue weighted by atomic mass is 15.6. The molecule has 3 aromatic rings. The normalized spacial score (nSPS) is 12.8. The molecule has 0 N–H and O–H groups in total. The van der Waals surface area contributed by atoms with Crippen LogP contribution in [0.15, 0.2) is 0 Å². The molecule has 188 valence electrons. The van der Waals surface area contributed by atoms with Crippen molar-refractivity contribution in [2.24, 2.45) is 0 Å². The predicted octanol–water partition coefficient (Wildman–Crippen LogP) is 5.75. The SMILES string of the molecule is CC(C)c1nc(C(C)C)n(C(n2nc(C(C)C)nc2C(C)C)n2nc(C(C)C)nc2C(C)C)n1. The minimum absolute atomic E-state index is 0.175. The van der Waals surface area contributed by atoms with Gasteiger partial charge >= 0.3 is 0 Å². The quantitative estimate of drug-likeness (QED) is 0.396. The van der Waals surface area contributed by atoms with Crippen LogP contribution in [-0.2, 0) is 0 Å². The minimum atomic E-state index is -0.479. The summed E-state index contributed by atoms with van der Waals surface area (Å²) < 4.78 is 5.99. The second-order valence-corrected chi connectivity index (χ2v) is 11.1. The van der Waals surface area contributed by atoms with Gasteiger partial charge in [0.25, 0.3) is 0 Å². The summed E-state index contributed by atoms with van der Waals surface area (Å²) in [7, 11) is 0. The van der Waals surface area contributed by atoms with Crippen LogP contribution in [0.3, 0.4) is 0 Å². The molecule has 0 amide bonds. The molecule has 0 radical (unpaired) electrons. The molecule has 0 saturated heterocycles. The molecule has 0 aliphatic carbocycles. The summed E-state index contributed by atoms with van der Waals surface area (Å²) >= 11 is 0. The van der Waals surface area contributed by atoms with Crippen LogP contribution < -0.4 is 0 Å². The summed E-state index contributed by atoms with van der Waals surface area (Å²) in [4.78, 5) is 14.8. The van der Waals surface area contributed by atoms with Crippen LogP contribution in [0.25, 0.3) is 0 Å². The Hall–Kier alpha value is -2.58. The summed E-state index contributed by atoms with van der Waals surface area (Å²) in [6.45, 7) is 25.6. The van der Waals surface area contributed by atoms with E-state index in [1.807, 2.05) is 14.0 Å². The monoisotopic (exact) mass is 469 g/mol. The van der Waals surface area contributed by atoms with Gasteiger partial charge in [0.1, 0.15) is 17.5 Å². The van der Waals surface area contributed by atoms with Gasteiger partial charge in [0, 0.05) is 35.5 Å². The lowest BCUT2D eigenvalue weighted by molar-refractivity contribution is 0.251. The zero-order chi connectivity index (χ0) is 25.5. The van der Waals surface area contributed by atoms with Crippen molar-refractivity contribution in [1.82, 2.24) is 44.3 Å². The minimum Gasteiger partial charge on any atom is -0.216 e. The Morgan fingerprint density at radius 1 is 0.382 bits per heavy atom. The van der Waals surface area contributed by atoms with Gasteiger partial charge in [0.2, 0.25) is 6.29 Å². The zero-order valence-electron chi connectivity index (χ0n) is 23.1. The summed E-state index contributed by atoms with van der Waals surface area (Å²) in [5, 5.41) is 15.1. The Labute approximate surface area is 204 Å². The zero-order valence-corrected chi connectivity index (χ0v) is 23.1. The Balaban J connectivity index is 2.41. The molecule has 9 heteroatoms. The third-order valence-electron chi connectivity index (χ3n) is 5.78. The first-order valence-electron chi connectivity index (χ1n) is 12.7. The maximum atomic E-state index is 5.02. The molecule has 0 atom stereocenters. The average molecular weight is 470 g/mol. The highest BCUT2D eigenvalue weighted by Gasteiger charge is 2.33. The molecular formula is C25H43N9. The molecule has 0 bridgehead atoms. The largest absolute Gasteiger partial charge is 0.243 e. The van der Waals surface area contributed by atoms with Crippen molar-refractivity contribution in [2.45, 2.75) is 125 Å². The molecule has 0 unspecified atom stereocenters. The molecule has 0 aliphatic rings. The lowest BCUT2D eigenvalue weighted by atomic mass is 10.2. The molecule has 3 heterocycles. The van der Waals surface area contributed by atoms with Gasteiger partial charge in [-0.2, -0.15) is 15.3 Å². The Morgan fingerprint density at radius 3 is 0.794 bits per heavy atom. The third-order valence-corrected chi connectivity index (χ3v) is 5.78. The van der Waals surface area contributed by atoms with E-state index in [4.69, 9.17) is 30.2 Å². The van der Waals surface area contributed by atoms with Crippen molar-refractivity contribution in [1.29, 1.82) is 0 Å². The average Bonchev–Trinajstić information content (AvgIpc) is 3.45. The van der Waals surface area contributed by atoms with Crippen molar-refractivity contribution in [3.05, 3.63) is 34.9 Å². The predicted molar refractivity (Wildman–Crippen MR) is 134 cm³/mol. The van der Waals surface area contributed by atoms with E-state index in [9.17, 15) is 0 Å². The highest BCUT2D eigenvalue weighted by molar-refractivity contribution is 5.09. The summed E-state index contributed by atoms with van der Waals surface area (Å²) in [5.41, 5.74) is 0. The molecule has 3 aromatic heterocycles. The van der Waals surface area contributed by atoms with Gasteiger partial charge < -0.3 is 0 Å². The van der Waals surface area contributed by atoms with Gasteiger partial charge in [-0.15, -0.1) is 0 Å². The molecule has 0 spiro atoms. The number of aromatic nitrogens is 9. The first kappa shape index (κ1) is 26.0. The first-order chi connectivity index (χ1) is 15.8. The van der Waals surface area contributed by atoms with Gasteiger partial charge in [-0.1, -0.05) is 83.1 Å². The van der Waals surface area contributed by atoms with Crippen LogP contribution in [0.5, 0.6) is 0 Å². The maximum Gasteiger partial charge on any atom is 0.243 e. The fourth-order valence-corrected chi connectivity index (χ4v) is 3.79. The standard InChI is InChI=1S/C25H43N9/c1-13(2)19-26-22(16(7)8)32(29-19)25(33-23(17(9)10)27-20(30-33)14(3)4)34-24(18(11)12)28-21(31-34)15(5)6/h13-18,25H,1-12H3. The van der Waals surface area contributed by atoms with E-state index in [0.29, 0.717) is 0 Å². The fraction of sp³-hybridized carbons (Fsp3) is 0.760. The Bertz CT molecular complexity index is 958. The van der Waals surface area contributed by atoms with E-state index < -0.39 is 6.29 Å². The fourth-order valence-electron chi connectivity index (χ4n) is 3.79. The molecule has 9 nitrogen and oxygen atoms in total. The highest BCUT2D eigenvalue weighted by Crippen LogP contribution is 2.29. The van der Waals surface area contributed by atoms with Crippen molar-refractivity contribution < 1.29 is 0 Å². The van der Waals surface area contributed by atoms with Gasteiger partial charge in [-0.25, -0.2) is 29.0 Å². The van der Waals surface area contributed by atoms with E-state index in [0.717, 1.165) is 34.9 Å². The van der Waals surface area contributed by atoms with E-state index >= 15 is 0 Å². The second-order valence-electron chi connectivity index (χ2n) is 11.1. The lowest BCUT2D eigenvalue weighted by Crippen LogP contribution is -2.33. The van der Waals surface area contributed by atoms with E-state index in [2.05, 4.69) is 83.1 Å². The van der Waals surface area contributed by atoms with Gasteiger partial charge in [0.15, 0.2) is 17.5 Å². The molecule has 3 rings (SSSR count). The van der Waals surface area contributed by atoms with Crippen molar-refractivity contribution in [3.8, 4) is 0 Å². The van der Waals surface area contributed by atoms with Crippen molar-refractivity contribution >= 4 is 0 Å². The number of hydrogen-bond acceptors (Lipinski definition) is 6. The summed E-state index contributed by atoms with van der Waals surface area (Å²) in [5.74, 6) is 6.31. The summed E-state index contributed by atoms with van der Waals surface area (Å²) in [6, 6.07) is 0. The van der Waals surface area contributed by atoms with Crippen LogP contribution in [0.4, 0.5) is 0 Å². The first-order valence-corrected chi connectivity index (χ1v) is 12.7. The van der Waals surface area contributed by atoms with Crippen LogP contribution in [0.2, 0.25) is 0 Å². The Kier molecular flexibility index (Phi) is 7.62. The topological polar surface area (TPSA) is 92.1 Å². The van der Waals surface area contributed by atoms with Crippen LogP contribution >= 0.6 is 0 Å². The van der Waals surface area contributed by atoms with Crippen LogP contribution in [-0.4, -0.2) is 44.3 Å². The van der Waals surface area contributed by atoms with Gasteiger partial charge in [-0.3, -0.25) is 0 Å². The third kappa shape index (κ3) is 4.93. The molecular weight excluding hydrogens is 426 g/mol. The van der Waals surface area contributed by atoms with Crippen molar-refractivity contribution in [3.63, 3.8) is 0 Å². The van der Waals surface area contributed by atoms with Crippen LogP contribution in [0, 0.1) is 0 Å². The van der Waals surface area contributed by atoms with Gasteiger partial charge in [0.05, 0.1) is 0 Å². The smallest absolute Gasteiger partial charge is 0.216 e. The van der Waals surface area contributed by atoms with E-state index in [1.165, 1.54) is 0 Å². The summed E-state index contributed by atoms with van der Waals surface area (Å²) in [6.07, 6.45) is -0.479. The van der Waals surface area contributed by atoms with Crippen molar-refractivity contribution in [2.75, 3.05) is 0 Å². The van der Waals surface area contributed by atoms with E-state index in [1.54, 1.807) is 0 Å². The lowest BCUT2D eigenvalue weighted by Gasteiger charge is -2.25. The number of rotatable bonds is 9. The number of nitrogens with zero attached hydrogens (tertiary/aromatic N) is 9. The molecule has 0 saturated carbocycles. The molecule has 0 aliphatic heterocycles. The number of hydrogen-bond donors (Lipinski definition) is 0. The second kappa shape index (κ2) is 9.96. The molecule has 34 heavy (non-hydrogen) atoms.